The molecule has 1 saturated carbocycles. The minimum atomic E-state index is -0.185. The first-order valence-electron chi connectivity index (χ1n) is 6.14. The number of rotatable bonds is 1. The number of ether oxygens (including phenoxy) is 1. The molecule has 0 bridgehead atoms. The molecule has 1 aliphatic heterocycles. The van der Waals surface area contributed by atoms with E-state index >= 15 is 0 Å². The molecule has 2 aliphatic rings. The lowest BCUT2D eigenvalue weighted by molar-refractivity contribution is 0.338. The second-order valence-electron chi connectivity index (χ2n) is 4.71. The largest absolute Gasteiger partial charge is 0.493 e. The topological polar surface area (TPSA) is 39.4 Å². The van der Waals surface area contributed by atoms with Crippen molar-refractivity contribution < 1.29 is 9.15 Å². The first-order valence-corrected chi connectivity index (χ1v) is 6.14. The van der Waals surface area contributed by atoms with Gasteiger partial charge in [0.05, 0.1) is 12.2 Å². The van der Waals surface area contributed by atoms with Crippen LogP contribution in [0.2, 0.25) is 0 Å². The molecule has 0 atom stereocenters. The fourth-order valence-corrected chi connectivity index (χ4v) is 2.72. The monoisotopic (exact) mass is 220 g/mol. The average molecular weight is 220 g/mol. The lowest BCUT2D eigenvalue weighted by atomic mass is 9.87. The fourth-order valence-electron chi connectivity index (χ4n) is 2.72. The summed E-state index contributed by atoms with van der Waals surface area (Å²) in [7, 11) is 0. The molecule has 1 aromatic rings. The predicted octanol–water partition coefficient (Wildman–Crippen LogP) is 2.62. The van der Waals surface area contributed by atoms with E-state index in [4.69, 9.17) is 9.15 Å². The lowest BCUT2D eigenvalue weighted by Gasteiger charge is -2.20. The van der Waals surface area contributed by atoms with E-state index in [1.165, 1.54) is 19.3 Å². The van der Waals surface area contributed by atoms with E-state index < -0.39 is 0 Å². The van der Waals surface area contributed by atoms with E-state index in [2.05, 4.69) is 0 Å². The Morgan fingerprint density at radius 3 is 2.81 bits per heavy atom. The molecular formula is C13H16O3. The summed E-state index contributed by atoms with van der Waals surface area (Å²) >= 11 is 0. The van der Waals surface area contributed by atoms with E-state index in [1.807, 2.05) is 6.07 Å². The van der Waals surface area contributed by atoms with Crippen LogP contribution in [-0.4, -0.2) is 6.61 Å². The van der Waals surface area contributed by atoms with Crippen LogP contribution >= 0.6 is 0 Å². The van der Waals surface area contributed by atoms with E-state index in [0.29, 0.717) is 18.9 Å². The van der Waals surface area contributed by atoms with E-state index in [1.54, 1.807) is 0 Å². The smallest absolute Gasteiger partial charge is 0.342 e. The molecule has 1 aromatic heterocycles. The second-order valence-corrected chi connectivity index (χ2v) is 4.71. The zero-order chi connectivity index (χ0) is 11.0. The maximum absolute atomic E-state index is 11.7. The molecule has 16 heavy (non-hydrogen) atoms. The molecule has 0 N–H and O–H groups in total. The van der Waals surface area contributed by atoms with Crippen molar-refractivity contribution in [2.24, 2.45) is 0 Å². The first kappa shape index (κ1) is 9.94. The van der Waals surface area contributed by atoms with Crippen molar-refractivity contribution in [3.63, 3.8) is 0 Å². The Morgan fingerprint density at radius 1 is 1.19 bits per heavy atom. The maximum Gasteiger partial charge on any atom is 0.342 e. The minimum absolute atomic E-state index is 0.185. The van der Waals surface area contributed by atoms with Gasteiger partial charge in [-0.1, -0.05) is 19.3 Å². The molecule has 0 aromatic carbocycles. The summed E-state index contributed by atoms with van der Waals surface area (Å²) < 4.78 is 10.9. The summed E-state index contributed by atoms with van der Waals surface area (Å²) in [6.45, 7) is 0.619. The van der Waals surface area contributed by atoms with Gasteiger partial charge in [-0.3, -0.25) is 0 Å². The van der Waals surface area contributed by atoms with E-state index in [9.17, 15) is 4.79 Å². The van der Waals surface area contributed by atoms with Gasteiger partial charge in [0.1, 0.15) is 11.5 Å². The van der Waals surface area contributed by atoms with E-state index in [-0.39, 0.29) is 5.63 Å². The molecule has 0 unspecified atom stereocenters. The van der Waals surface area contributed by atoms with Gasteiger partial charge in [-0.15, -0.1) is 0 Å². The van der Waals surface area contributed by atoms with Gasteiger partial charge >= 0.3 is 5.63 Å². The Bertz CT molecular complexity index is 441. The third-order valence-electron chi connectivity index (χ3n) is 3.64. The van der Waals surface area contributed by atoms with Crippen LogP contribution in [0.5, 0.6) is 5.75 Å². The highest BCUT2D eigenvalue weighted by molar-refractivity contribution is 5.35. The third-order valence-corrected chi connectivity index (χ3v) is 3.64. The van der Waals surface area contributed by atoms with Crippen LogP contribution < -0.4 is 10.4 Å². The van der Waals surface area contributed by atoms with Crippen LogP contribution in [0.25, 0.3) is 0 Å². The van der Waals surface area contributed by atoms with Crippen molar-refractivity contribution >= 4 is 0 Å². The van der Waals surface area contributed by atoms with Crippen LogP contribution in [0.3, 0.4) is 0 Å². The van der Waals surface area contributed by atoms with Crippen molar-refractivity contribution in [3.05, 3.63) is 27.8 Å². The van der Waals surface area contributed by atoms with Crippen LogP contribution in [0.1, 0.15) is 49.3 Å². The van der Waals surface area contributed by atoms with Crippen molar-refractivity contribution in [1.29, 1.82) is 0 Å². The molecule has 1 fully saturated rings. The highest BCUT2D eigenvalue weighted by Crippen LogP contribution is 2.34. The molecule has 0 amide bonds. The Kier molecular flexibility index (Phi) is 2.46. The molecule has 0 radical (unpaired) electrons. The molecule has 86 valence electrons. The summed E-state index contributed by atoms with van der Waals surface area (Å²) in [4.78, 5) is 11.7. The van der Waals surface area contributed by atoms with Gasteiger partial charge < -0.3 is 9.15 Å². The minimum Gasteiger partial charge on any atom is -0.493 e. The molecule has 0 spiro atoms. The summed E-state index contributed by atoms with van der Waals surface area (Å²) in [5, 5.41) is 0. The first-order chi connectivity index (χ1) is 7.84. The van der Waals surface area contributed by atoms with Gasteiger partial charge in [0, 0.05) is 18.4 Å². The summed E-state index contributed by atoms with van der Waals surface area (Å²) in [5.74, 6) is 2.03. The molecule has 3 nitrogen and oxygen atoms in total. The molecule has 0 saturated heterocycles. The predicted molar refractivity (Wildman–Crippen MR) is 60.0 cm³/mol. The van der Waals surface area contributed by atoms with Crippen molar-refractivity contribution in [2.45, 2.75) is 44.4 Å². The van der Waals surface area contributed by atoms with Gasteiger partial charge in [0.25, 0.3) is 0 Å². The summed E-state index contributed by atoms with van der Waals surface area (Å²) in [5.41, 5.74) is 0.537. The zero-order valence-electron chi connectivity index (χ0n) is 9.33. The Morgan fingerprint density at radius 2 is 2.00 bits per heavy atom. The summed E-state index contributed by atoms with van der Waals surface area (Å²) in [6, 6.07) is 1.94. The second kappa shape index (κ2) is 3.96. The molecule has 2 heterocycles. The van der Waals surface area contributed by atoms with Crippen LogP contribution in [0, 0.1) is 0 Å². The van der Waals surface area contributed by atoms with Crippen molar-refractivity contribution in [1.82, 2.24) is 0 Å². The molecule has 3 rings (SSSR count). The van der Waals surface area contributed by atoms with Gasteiger partial charge in [-0.2, -0.15) is 0 Å². The maximum atomic E-state index is 11.7. The fraction of sp³-hybridized carbons (Fsp3) is 0.615. The molecule has 3 heteroatoms. The number of hydrogen-bond donors (Lipinski definition) is 0. The van der Waals surface area contributed by atoms with Crippen molar-refractivity contribution in [2.75, 3.05) is 6.61 Å². The molecule has 1 aliphatic carbocycles. The standard InChI is InChI=1S/C13H16O3/c14-13-10-6-7-15-12(10)8-11(16-13)9-4-2-1-3-5-9/h8-9H,1-7H2. The van der Waals surface area contributed by atoms with Gasteiger partial charge in [-0.25, -0.2) is 4.79 Å². The third kappa shape index (κ3) is 1.64. The quantitative estimate of drug-likeness (QED) is 0.730. The summed E-state index contributed by atoms with van der Waals surface area (Å²) in [6.07, 6.45) is 6.77. The van der Waals surface area contributed by atoms with Gasteiger partial charge in [0.2, 0.25) is 0 Å². The van der Waals surface area contributed by atoms with Crippen LogP contribution in [0.15, 0.2) is 15.3 Å². The zero-order valence-corrected chi connectivity index (χ0v) is 9.33. The lowest BCUT2D eigenvalue weighted by Crippen LogP contribution is -2.11. The Hall–Kier alpha value is -1.25. The molecular weight excluding hydrogens is 204 g/mol. The SMILES string of the molecule is O=c1oc(C2CCCCC2)cc2c1CCO2. The van der Waals surface area contributed by atoms with Crippen LogP contribution in [-0.2, 0) is 6.42 Å². The Labute approximate surface area is 94.4 Å². The normalized spacial score (nSPS) is 20.5. The Balaban J connectivity index is 1.96. The number of fused-ring (bicyclic) bond motifs is 1. The van der Waals surface area contributed by atoms with E-state index in [0.717, 1.165) is 29.9 Å². The highest BCUT2D eigenvalue weighted by atomic mass is 16.5. The van der Waals surface area contributed by atoms with Gasteiger partial charge in [-0.05, 0) is 12.8 Å². The van der Waals surface area contributed by atoms with Gasteiger partial charge in [0.15, 0.2) is 0 Å². The average Bonchev–Trinajstić information content (AvgIpc) is 2.79. The van der Waals surface area contributed by atoms with Crippen molar-refractivity contribution in [3.8, 4) is 5.75 Å². The number of hydrogen-bond acceptors (Lipinski definition) is 3. The van der Waals surface area contributed by atoms with Crippen LogP contribution in [0.4, 0.5) is 0 Å². The highest BCUT2D eigenvalue weighted by Gasteiger charge is 2.23.